The van der Waals surface area contributed by atoms with Crippen molar-refractivity contribution in [1.82, 2.24) is 14.9 Å². The highest BCUT2D eigenvalue weighted by Gasteiger charge is 2.69. The minimum absolute atomic E-state index is 0.174. The lowest BCUT2D eigenvalue weighted by atomic mass is 9.75. The molecule has 0 bridgehead atoms. The lowest BCUT2D eigenvalue weighted by molar-refractivity contribution is -0.123. The molecular formula is C30H26N4O3. The van der Waals surface area contributed by atoms with E-state index in [4.69, 9.17) is 4.98 Å². The van der Waals surface area contributed by atoms with E-state index in [2.05, 4.69) is 19.2 Å². The number of carbonyl (C=O) groups is 2. The monoisotopic (exact) mass is 490 g/mol. The summed E-state index contributed by atoms with van der Waals surface area (Å²) in [5, 5.41) is 4.27. The van der Waals surface area contributed by atoms with Gasteiger partial charge in [-0.2, -0.15) is 0 Å². The molecule has 2 saturated heterocycles. The first kappa shape index (κ1) is 22.1. The number of rotatable bonds is 3. The van der Waals surface area contributed by atoms with Gasteiger partial charge in [0.15, 0.2) is 0 Å². The summed E-state index contributed by atoms with van der Waals surface area (Å²) in [5.74, 6) is -0.981. The quantitative estimate of drug-likeness (QED) is 0.442. The van der Waals surface area contributed by atoms with Crippen molar-refractivity contribution < 1.29 is 9.59 Å². The number of imide groups is 1. The third kappa shape index (κ3) is 2.80. The Morgan fingerprint density at radius 3 is 2.38 bits per heavy atom. The fourth-order valence-corrected chi connectivity index (χ4v) is 6.76. The predicted octanol–water partition coefficient (Wildman–Crippen LogP) is 3.77. The van der Waals surface area contributed by atoms with Crippen molar-refractivity contribution in [3.8, 4) is 5.69 Å². The minimum Gasteiger partial charge on any atom is -0.297 e. The molecule has 2 fully saturated rings. The number of aromatic nitrogens is 2. The summed E-state index contributed by atoms with van der Waals surface area (Å²) >= 11 is 0. The third-order valence-electron chi connectivity index (χ3n) is 8.10. The number of nitrogens with one attached hydrogen (secondary N) is 1. The molecule has 1 N–H and O–H groups in total. The largest absolute Gasteiger partial charge is 0.297 e. The standard InChI is InChI=1S/C30H26N4O3/c1-17(2)16-22-24-25(28(37)33(27(24)36)18-10-4-3-5-11-18)30(32-22)20-13-7-9-15-23(20)34-26(35)19-12-6-8-14-21(19)31-29(30)34/h3-15,17,22,24-25,32H,16H2,1-2H3/t22-,24-,25+,30-/m0/s1. The maximum atomic E-state index is 14.3. The van der Waals surface area contributed by atoms with Crippen LogP contribution in [-0.4, -0.2) is 27.4 Å². The van der Waals surface area contributed by atoms with Crippen LogP contribution in [0.2, 0.25) is 0 Å². The molecule has 0 saturated carbocycles. The molecule has 0 radical (unpaired) electrons. The van der Waals surface area contributed by atoms with E-state index in [1.165, 1.54) is 4.90 Å². The number of para-hydroxylation sites is 3. The van der Waals surface area contributed by atoms with Crippen LogP contribution in [0.5, 0.6) is 0 Å². The van der Waals surface area contributed by atoms with Crippen LogP contribution in [0, 0.1) is 17.8 Å². The van der Waals surface area contributed by atoms with Gasteiger partial charge in [0.2, 0.25) is 11.8 Å². The molecule has 1 aromatic heterocycles. The first-order chi connectivity index (χ1) is 17.9. The van der Waals surface area contributed by atoms with E-state index in [-0.39, 0.29) is 23.4 Å². The van der Waals surface area contributed by atoms with Crippen molar-refractivity contribution in [2.75, 3.05) is 4.90 Å². The van der Waals surface area contributed by atoms with Crippen molar-refractivity contribution in [3.63, 3.8) is 0 Å². The zero-order chi connectivity index (χ0) is 25.5. The molecule has 3 aliphatic heterocycles. The first-order valence-electron chi connectivity index (χ1n) is 12.8. The van der Waals surface area contributed by atoms with E-state index in [0.717, 1.165) is 5.56 Å². The Kier molecular flexibility index (Phi) is 4.60. The van der Waals surface area contributed by atoms with Crippen molar-refractivity contribution in [2.45, 2.75) is 31.8 Å². The van der Waals surface area contributed by atoms with Gasteiger partial charge in [0.05, 0.1) is 34.1 Å². The third-order valence-corrected chi connectivity index (χ3v) is 8.10. The lowest BCUT2D eigenvalue weighted by Crippen LogP contribution is -2.50. The summed E-state index contributed by atoms with van der Waals surface area (Å²) in [6.07, 6.45) is 0.713. The van der Waals surface area contributed by atoms with Crippen molar-refractivity contribution in [1.29, 1.82) is 0 Å². The molecule has 3 aromatic carbocycles. The zero-order valence-electron chi connectivity index (χ0n) is 20.6. The van der Waals surface area contributed by atoms with Crippen LogP contribution < -0.4 is 15.8 Å². The predicted molar refractivity (Wildman–Crippen MR) is 140 cm³/mol. The van der Waals surface area contributed by atoms with Gasteiger partial charge in [-0.05, 0) is 42.7 Å². The van der Waals surface area contributed by atoms with Crippen molar-refractivity contribution >= 4 is 28.4 Å². The number of carbonyl (C=O) groups excluding carboxylic acids is 2. The van der Waals surface area contributed by atoms with Crippen LogP contribution in [-0.2, 0) is 15.1 Å². The molecule has 7 nitrogen and oxygen atoms in total. The van der Waals surface area contributed by atoms with Gasteiger partial charge in [-0.25, -0.2) is 9.88 Å². The van der Waals surface area contributed by atoms with Gasteiger partial charge in [-0.15, -0.1) is 0 Å². The average molecular weight is 491 g/mol. The molecular weight excluding hydrogens is 464 g/mol. The molecule has 4 atom stereocenters. The normalized spacial score (nSPS) is 25.8. The molecule has 7 heteroatoms. The number of nitrogens with zero attached hydrogens (tertiary/aromatic N) is 3. The SMILES string of the molecule is CC(C)C[C@@H]1N[C@@]2(c3ccccc3-n3c2nc2ccccc2c3=O)[C@H]2C(=O)N(c3ccccc3)C(=O)[C@@H]12. The van der Waals surface area contributed by atoms with Gasteiger partial charge in [0, 0.05) is 11.6 Å². The van der Waals surface area contributed by atoms with E-state index < -0.39 is 17.4 Å². The smallest absolute Gasteiger partial charge is 0.266 e. The number of anilines is 1. The Hall–Kier alpha value is -4.10. The Morgan fingerprint density at radius 1 is 0.892 bits per heavy atom. The second kappa shape index (κ2) is 7.70. The number of amides is 2. The van der Waals surface area contributed by atoms with Crippen LogP contribution in [0.15, 0.2) is 83.7 Å². The first-order valence-corrected chi connectivity index (χ1v) is 12.8. The molecule has 3 aliphatic rings. The van der Waals surface area contributed by atoms with Gasteiger partial charge < -0.3 is 0 Å². The molecule has 4 aromatic rings. The van der Waals surface area contributed by atoms with Gasteiger partial charge in [-0.3, -0.25) is 24.3 Å². The van der Waals surface area contributed by atoms with Crippen LogP contribution in [0.1, 0.15) is 31.7 Å². The van der Waals surface area contributed by atoms with Gasteiger partial charge >= 0.3 is 0 Å². The number of hydrogen-bond donors (Lipinski definition) is 1. The van der Waals surface area contributed by atoms with E-state index in [0.29, 0.717) is 40.4 Å². The van der Waals surface area contributed by atoms with Gasteiger partial charge in [0.1, 0.15) is 11.4 Å². The molecule has 1 spiro atoms. The van der Waals surface area contributed by atoms with E-state index in [1.54, 1.807) is 22.8 Å². The van der Waals surface area contributed by atoms with Gasteiger partial charge in [-0.1, -0.05) is 62.4 Å². The minimum atomic E-state index is -1.10. The Bertz CT molecular complexity index is 1660. The summed E-state index contributed by atoms with van der Waals surface area (Å²) in [6.45, 7) is 4.23. The Labute approximate surface area is 213 Å². The highest BCUT2D eigenvalue weighted by atomic mass is 16.2. The number of hydrogen-bond acceptors (Lipinski definition) is 5. The van der Waals surface area contributed by atoms with Crippen molar-refractivity contribution in [2.24, 2.45) is 17.8 Å². The highest BCUT2D eigenvalue weighted by Crippen LogP contribution is 2.56. The average Bonchev–Trinajstić information content (AvgIpc) is 3.47. The summed E-state index contributed by atoms with van der Waals surface area (Å²) in [4.78, 5) is 48.5. The Morgan fingerprint density at radius 2 is 1.59 bits per heavy atom. The van der Waals surface area contributed by atoms with E-state index in [9.17, 15) is 14.4 Å². The van der Waals surface area contributed by atoms with Crippen LogP contribution in [0.25, 0.3) is 16.6 Å². The van der Waals surface area contributed by atoms with Crippen LogP contribution in [0.3, 0.4) is 0 Å². The molecule has 2 amide bonds. The number of fused-ring (bicyclic) bond motifs is 8. The lowest BCUT2D eigenvalue weighted by Gasteiger charge is -2.32. The highest BCUT2D eigenvalue weighted by molar-refractivity contribution is 6.23. The molecule has 37 heavy (non-hydrogen) atoms. The van der Waals surface area contributed by atoms with Crippen LogP contribution in [0.4, 0.5) is 5.69 Å². The van der Waals surface area contributed by atoms with E-state index >= 15 is 0 Å². The second-order valence-corrected chi connectivity index (χ2v) is 10.6. The summed E-state index contributed by atoms with van der Waals surface area (Å²) in [6, 6.07) is 23.8. The van der Waals surface area contributed by atoms with Crippen LogP contribution >= 0.6 is 0 Å². The zero-order valence-corrected chi connectivity index (χ0v) is 20.6. The Balaban J connectivity index is 1.53. The second-order valence-electron chi connectivity index (χ2n) is 10.6. The maximum Gasteiger partial charge on any atom is 0.266 e. The fourth-order valence-electron chi connectivity index (χ4n) is 6.76. The summed E-state index contributed by atoms with van der Waals surface area (Å²) in [7, 11) is 0. The fraction of sp³-hybridized carbons (Fsp3) is 0.267. The molecule has 0 aliphatic carbocycles. The summed E-state index contributed by atoms with van der Waals surface area (Å²) < 4.78 is 1.64. The van der Waals surface area contributed by atoms with Gasteiger partial charge in [0.25, 0.3) is 5.56 Å². The molecule has 4 heterocycles. The molecule has 0 unspecified atom stereocenters. The van der Waals surface area contributed by atoms with E-state index in [1.807, 2.05) is 60.7 Å². The summed E-state index contributed by atoms with van der Waals surface area (Å²) in [5.41, 5.74) is 1.39. The maximum absolute atomic E-state index is 14.3. The van der Waals surface area contributed by atoms with Crippen molar-refractivity contribution in [3.05, 3.63) is 101 Å². The molecule has 184 valence electrons. The molecule has 7 rings (SSSR count). The topological polar surface area (TPSA) is 84.3 Å². The number of benzene rings is 3.